The number of aromatic nitrogens is 1. The van der Waals surface area contributed by atoms with Gasteiger partial charge in [-0.25, -0.2) is 9.78 Å². The van der Waals surface area contributed by atoms with Crippen molar-refractivity contribution in [1.82, 2.24) is 14.8 Å². The van der Waals surface area contributed by atoms with Crippen LogP contribution in [0.2, 0.25) is 0 Å². The second kappa shape index (κ2) is 5.34. The maximum absolute atomic E-state index is 11.8. The number of thiazole rings is 1. The van der Waals surface area contributed by atoms with E-state index in [0.29, 0.717) is 11.5 Å². The molecule has 2 heterocycles. The third-order valence-corrected chi connectivity index (χ3v) is 4.28. The lowest BCUT2D eigenvalue weighted by molar-refractivity contribution is 0.0531. The van der Waals surface area contributed by atoms with Crippen molar-refractivity contribution in [2.24, 2.45) is 0 Å². The Labute approximate surface area is 111 Å². The normalized spacial score (nSPS) is 21.4. The second-order valence-electron chi connectivity index (χ2n) is 4.64. The molecule has 0 radical (unpaired) electrons. The van der Waals surface area contributed by atoms with Crippen LogP contribution in [0, 0.1) is 6.92 Å². The number of ether oxygens (including phenoxy) is 1. The molecule has 1 fully saturated rings. The predicted octanol–water partition coefficient (Wildman–Crippen LogP) is 1.50. The Morgan fingerprint density at radius 2 is 2.28 bits per heavy atom. The maximum atomic E-state index is 11.8. The number of carbonyl (C=O) groups excluding carboxylic acids is 1. The molecule has 6 heteroatoms. The number of nitrogens with zero attached hydrogens (tertiary/aromatic N) is 3. The minimum Gasteiger partial charge on any atom is -0.462 e. The molecule has 0 bridgehead atoms. The summed E-state index contributed by atoms with van der Waals surface area (Å²) >= 11 is 1.46. The Balaban J connectivity index is 2.21. The highest BCUT2D eigenvalue weighted by Crippen LogP contribution is 2.31. The highest BCUT2D eigenvalue weighted by Gasteiger charge is 2.30. The Kier molecular flexibility index (Phi) is 3.99. The molecule has 1 aliphatic rings. The molecule has 0 spiro atoms. The lowest BCUT2D eigenvalue weighted by Gasteiger charge is -2.14. The third kappa shape index (κ3) is 2.55. The molecule has 1 aliphatic heterocycles. The van der Waals surface area contributed by atoms with E-state index in [1.54, 1.807) is 0 Å². The van der Waals surface area contributed by atoms with Gasteiger partial charge in [0.15, 0.2) is 0 Å². The van der Waals surface area contributed by atoms with Gasteiger partial charge in [-0.1, -0.05) is 0 Å². The van der Waals surface area contributed by atoms with Crippen LogP contribution < -0.4 is 0 Å². The Morgan fingerprint density at radius 3 is 2.83 bits per heavy atom. The monoisotopic (exact) mass is 269 g/mol. The van der Waals surface area contributed by atoms with Gasteiger partial charge in [0, 0.05) is 6.54 Å². The molecule has 18 heavy (non-hydrogen) atoms. The molecular weight excluding hydrogens is 250 g/mol. The van der Waals surface area contributed by atoms with Crippen LogP contribution in [0.3, 0.4) is 0 Å². The van der Waals surface area contributed by atoms with Crippen molar-refractivity contribution in [1.29, 1.82) is 0 Å². The van der Waals surface area contributed by atoms with Crippen LogP contribution in [-0.4, -0.2) is 54.7 Å². The number of rotatable bonds is 3. The van der Waals surface area contributed by atoms with E-state index in [9.17, 15) is 4.79 Å². The van der Waals surface area contributed by atoms with Gasteiger partial charge in [0.2, 0.25) is 0 Å². The fraction of sp³-hybridized carbons (Fsp3) is 0.667. The number of aryl methyl sites for hydroxylation is 1. The van der Waals surface area contributed by atoms with Gasteiger partial charge in [0.05, 0.1) is 25.0 Å². The average Bonchev–Trinajstić information content (AvgIpc) is 2.82. The zero-order valence-electron chi connectivity index (χ0n) is 11.3. The molecule has 1 aromatic rings. The van der Waals surface area contributed by atoms with Gasteiger partial charge >= 0.3 is 5.97 Å². The third-order valence-electron chi connectivity index (χ3n) is 3.04. The summed E-state index contributed by atoms with van der Waals surface area (Å²) in [6.07, 6.45) is 0. The summed E-state index contributed by atoms with van der Waals surface area (Å²) in [4.78, 5) is 21.4. The molecule has 0 N–H and O–H groups in total. The fourth-order valence-electron chi connectivity index (χ4n) is 2.18. The van der Waals surface area contributed by atoms with E-state index in [2.05, 4.69) is 28.9 Å². The van der Waals surface area contributed by atoms with E-state index in [0.717, 1.165) is 23.9 Å². The van der Waals surface area contributed by atoms with Crippen LogP contribution in [0.4, 0.5) is 0 Å². The topological polar surface area (TPSA) is 45.7 Å². The second-order valence-corrected chi connectivity index (χ2v) is 5.67. The number of hydrogen-bond acceptors (Lipinski definition) is 6. The first-order valence-corrected chi connectivity index (χ1v) is 6.87. The summed E-state index contributed by atoms with van der Waals surface area (Å²) < 4.78 is 5.04. The molecule has 1 aromatic heterocycles. The standard InChI is InChI=1S/C12H19N3O2S/c1-5-17-12(16)10-8(2)13-11(18-10)9-6-14(3)7-15(9)4/h9H,5-7H2,1-4H3. The van der Waals surface area contributed by atoms with Crippen molar-refractivity contribution in [2.75, 3.05) is 33.9 Å². The molecule has 2 rings (SSSR count). The summed E-state index contributed by atoms with van der Waals surface area (Å²) in [7, 11) is 4.16. The SMILES string of the molecule is CCOC(=O)c1sc(C2CN(C)CN2C)nc1C. The summed E-state index contributed by atoms with van der Waals surface area (Å²) in [5.74, 6) is -0.257. The first kappa shape index (κ1) is 13.5. The number of likely N-dealkylation sites (N-methyl/N-ethyl adjacent to an activating group) is 2. The molecule has 0 saturated carbocycles. The van der Waals surface area contributed by atoms with E-state index in [1.165, 1.54) is 11.3 Å². The fourth-order valence-corrected chi connectivity index (χ4v) is 3.30. The van der Waals surface area contributed by atoms with Crippen LogP contribution in [0.15, 0.2) is 0 Å². The molecule has 0 amide bonds. The van der Waals surface area contributed by atoms with Gasteiger partial charge in [-0.05, 0) is 27.9 Å². The van der Waals surface area contributed by atoms with E-state index >= 15 is 0 Å². The lowest BCUT2D eigenvalue weighted by atomic mass is 10.3. The van der Waals surface area contributed by atoms with Crippen LogP contribution in [-0.2, 0) is 4.74 Å². The summed E-state index contributed by atoms with van der Waals surface area (Å²) in [5.41, 5.74) is 0.774. The van der Waals surface area contributed by atoms with Crippen LogP contribution in [0.25, 0.3) is 0 Å². The predicted molar refractivity (Wildman–Crippen MR) is 70.8 cm³/mol. The van der Waals surface area contributed by atoms with Crippen LogP contribution in [0.5, 0.6) is 0 Å². The van der Waals surface area contributed by atoms with Crippen molar-refractivity contribution >= 4 is 17.3 Å². The minimum absolute atomic E-state index is 0.257. The van der Waals surface area contributed by atoms with Gasteiger partial charge in [-0.2, -0.15) is 0 Å². The number of esters is 1. The van der Waals surface area contributed by atoms with E-state index in [1.807, 2.05) is 13.8 Å². The smallest absolute Gasteiger partial charge is 0.350 e. The molecule has 5 nitrogen and oxygen atoms in total. The molecule has 1 unspecified atom stereocenters. The quantitative estimate of drug-likeness (QED) is 0.778. The largest absolute Gasteiger partial charge is 0.462 e. The van der Waals surface area contributed by atoms with Crippen molar-refractivity contribution in [3.63, 3.8) is 0 Å². The van der Waals surface area contributed by atoms with E-state index in [4.69, 9.17) is 4.74 Å². The van der Waals surface area contributed by atoms with Gasteiger partial charge in [-0.3, -0.25) is 9.80 Å². The molecule has 1 saturated heterocycles. The Hall–Kier alpha value is -0.980. The number of hydrogen-bond donors (Lipinski definition) is 0. The van der Waals surface area contributed by atoms with Crippen LogP contribution >= 0.6 is 11.3 Å². The Bertz CT molecular complexity index is 447. The first-order chi connectivity index (χ1) is 8.52. The summed E-state index contributed by atoms with van der Waals surface area (Å²) in [6, 6.07) is 0.280. The molecule has 1 atom stereocenters. The van der Waals surface area contributed by atoms with E-state index in [-0.39, 0.29) is 12.0 Å². The molecule has 100 valence electrons. The van der Waals surface area contributed by atoms with Crippen molar-refractivity contribution in [2.45, 2.75) is 19.9 Å². The first-order valence-electron chi connectivity index (χ1n) is 6.06. The molecule has 0 aliphatic carbocycles. The highest BCUT2D eigenvalue weighted by atomic mass is 32.1. The highest BCUT2D eigenvalue weighted by molar-refractivity contribution is 7.13. The Morgan fingerprint density at radius 1 is 1.56 bits per heavy atom. The maximum Gasteiger partial charge on any atom is 0.350 e. The summed E-state index contributed by atoms with van der Waals surface area (Å²) in [6.45, 7) is 5.96. The van der Waals surface area contributed by atoms with Crippen molar-refractivity contribution < 1.29 is 9.53 Å². The average molecular weight is 269 g/mol. The molecular formula is C12H19N3O2S. The minimum atomic E-state index is -0.257. The lowest BCUT2D eigenvalue weighted by Crippen LogP contribution is -2.19. The van der Waals surface area contributed by atoms with Gasteiger partial charge in [0.25, 0.3) is 0 Å². The van der Waals surface area contributed by atoms with Crippen molar-refractivity contribution in [3.05, 3.63) is 15.6 Å². The van der Waals surface area contributed by atoms with Crippen molar-refractivity contribution in [3.8, 4) is 0 Å². The van der Waals surface area contributed by atoms with Gasteiger partial charge in [0.1, 0.15) is 9.88 Å². The number of carbonyl (C=O) groups is 1. The van der Waals surface area contributed by atoms with Gasteiger partial charge < -0.3 is 4.74 Å². The van der Waals surface area contributed by atoms with E-state index < -0.39 is 0 Å². The zero-order valence-corrected chi connectivity index (χ0v) is 12.1. The van der Waals surface area contributed by atoms with Crippen LogP contribution in [0.1, 0.15) is 33.3 Å². The van der Waals surface area contributed by atoms with Gasteiger partial charge in [-0.15, -0.1) is 11.3 Å². The summed E-state index contributed by atoms with van der Waals surface area (Å²) in [5, 5.41) is 1.00. The zero-order chi connectivity index (χ0) is 13.3. The molecule has 0 aromatic carbocycles.